The first-order chi connectivity index (χ1) is 15.1. The highest BCUT2D eigenvalue weighted by Crippen LogP contribution is 2.47. The fourth-order valence-electron chi connectivity index (χ4n) is 3.59. The maximum absolute atomic E-state index is 14.0. The van der Waals surface area contributed by atoms with E-state index in [1.54, 1.807) is 0 Å². The zero-order valence-corrected chi connectivity index (χ0v) is 17.2. The average molecular weight is 455 g/mol. The number of carbonyl (C=O) groups excluding carboxylic acids is 2. The normalized spacial score (nSPS) is 23.0. The van der Waals surface area contributed by atoms with Gasteiger partial charge in [0.15, 0.2) is 17.3 Å². The average Bonchev–Trinajstić information content (AvgIpc) is 2.76. The summed E-state index contributed by atoms with van der Waals surface area (Å²) in [6.45, 7) is 0. The van der Waals surface area contributed by atoms with E-state index in [-0.39, 0.29) is 28.4 Å². The predicted octanol–water partition coefficient (Wildman–Crippen LogP) is 2.21. The van der Waals surface area contributed by atoms with E-state index in [0.717, 1.165) is 6.20 Å². The molecule has 0 radical (unpaired) electrons. The van der Waals surface area contributed by atoms with Gasteiger partial charge < -0.3 is 30.0 Å². The molecule has 3 N–H and O–H groups in total. The van der Waals surface area contributed by atoms with Gasteiger partial charge in [-0.15, -0.1) is 0 Å². The molecule has 1 aliphatic heterocycles. The van der Waals surface area contributed by atoms with Crippen LogP contribution in [0.15, 0.2) is 36.7 Å². The third-order valence-electron chi connectivity index (χ3n) is 5.08. The van der Waals surface area contributed by atoms with Crippen LogP contribution in [0.2, 0.25) is 0 Å². The minimum Gasteiger partial charge on any atom is -0.493 e. The second-order valence-electron chi connectivity index (χ2n) is 6.88. The van der Waals surface area contributed by atoms with Gasteiger partial charge in [0.05, 0.1) is 27.4 Å². The number of methoxy groups -OCH3 is 3. The molecule has 1 aromatic heterocycles. The summed E-state index contributed by atoms with van der Waals surface area (Å²) < 4.78 is 57.6. The van der Waals surface area contributed by atoms with E-state index in [4.69, 9.17) is 14.2 Å². The number of hydrogen-bond acceptors (Lipinski definition) is 7. The Labute approximate surface area is 180 Å². The second-order valence-corrected chi connectivity index (χ2v) is 6.88. The molecule has 2 amide bonds. The van der Waals surface area contributed by atoms with Gasteiger partial charge in [0.1, 0.15) is 5.92 Å². The van der Waals surface area contributed by atoms with Crippen LogP contribution in [0.5, 0.6) is 17.2 Å². The van der Waals surface area contributed by atoms with Crippen molar-refractivity contribution >= 4 is 11.8 Å². The van der Waals surface area contributed by atoms with E-state index in [1.165, 1.54) is 57.1 Å². The number of benzene rings is 1. The zero-order chi connectivity index (χ0) is 23.7. The molecule has 0 unspecified atom stereocenters. The monoisotopic (exact) mass is 455 g/mol. The molecule has 3 atom stereocenters. The van der Waals surface area contributed by atoms with Crippen molar-refractivity contribution in [3.05, 3.63) is 47.8 Å². The number of halogens is 3. The van der Waals surface area contributed by atoms with Crippen molar-refractivity contribution in [2.24, 2.45) is 5.92 Å². The summed E-state index contributed by atoms with van der Waals surface area (Å²) in [5.74, 6) is -2.99. The minimum absolute atomic E-state index is 0.0132. The third-order valence-corrected chi connectivity index (χ3v) is 5.08. The lowest BCUT2D eigenvalue weighted by atomic mass is 9.77. The van der Waals surface area contributed by atoms with Gasteiger partial charge in [-0.25, -0.2) is 4.79 Å². The molecule has 2 aromatic rings. The van der Waals surface area contributed by atoms with Crippen LogP contribution in [0, 0.1) is 5.92 Å². The quantitative estimate of drug-likeness (QED) is 0.572. The largest absolute Gasteiger partial charge is 0.493 e. The molecule has 2 heterocycles. The standard InChI is InChI=1S/C20H20F3N3O6/c1-30-12-7-11(8-13(31-2)17(12)32-3)15-14(16(27)10-5-4-6-24-9-10)19(29,20(21,22)23)26-18(28)25-15/h4-9,14-15,29H,1-3H3,(H2,25,26,28)/t14-,15+,19+/m1/s1. The predicted molar refractivity (Wildman–Crippen MR) is 104 cm³/mol. The van der Waals surface area contributed by atoms with Crippen LogP contribution in [0.4, 0.5) is 18.0 Å². The number of pyridine rings is 1. The molecular formula is C20H20F3N3O6. The zero-order valence-electron chi connectivity index (χ0n) is 17.2. The summed E-state index contributed by atoms with van der Waals surface area (Å²) in [6.07, 6.45) is -2.97. The first-order valence-electron chi connectivity index (χ1n) is 9.19. The van der Waals surface area contributed by atoms with Crippen LogP contribution >= 0.6 is 0 Å². The van der Waals surface area contributed by atoms with E-state index in [1.807, 2.05) is 0 Å². The summed E-state index contributed by atoms with van der Waals surface area (Å²) in [5.41, 5.74) is -4.04. The molecule has 1 saturated heterocycles. The fraction of sp³-hybridized carbons (Fsp3) is 0.350. The molecule has 9 nitrogen and oxygen atoms in total. The molecule has 1 aromatic carbocycles. The van der Waals surface area contributed by atoms with Crippen LogP contribution in [-0.2, 0) is 0 Å². The SMILES string of the molecule is COc1cc([C@@H]2NC(=O)N[C@@](O)(C(F)(F)F)[C@H]2C(=O)c2cccnc2)cc(OC)c1OC. The van der Waals surface area contributed by atoms with Crippen molar-refractivity contribution in [1.82, 2.24) is 15.6 Å². The third kappa shape index (κ3) is 3.88. The van der Waals surface area contributed by atoms with Crippen molar-refractivity contribution < 1.29 is 42.1 Å². The highest BCUT2D eigenvalue weighted by atomic mass is 19.4. The Morgan fingerprint density at radius 2 is 1.78 bits per heavy atom. The Balaban J connectivity index is 2.24. The molecular weight excluding hydrogens is 435 g/mol. The fourth-order valence-corrected chi connectivity index (χ4v) is 3.59. The van der Waals surface area contributed by atoms with Crippen LogP contribution in [0.3, 0.4) is 0 Å². The maximum atomic E-state index is 14.0. The second kappa shape index (κ2) is 8.54. The molecule has 172 valence electrons. The van der Waals surface area contributed by atoms with Gasteiger partial charge in [0.25, 0.3) is 0 Å². The first-order valence-corrected chi connectivity index (χ1v) is 9.19. The van der Waals surface area contributed by atoms with Crippen molar-refractivity contribution in [3.63, 3.8) is 0 Å². The summed E-state index contributed by atoms with van der Waals surface area (Å²) in [5, 5.41) is 14.4. The number of alkyl halides is 3. The number of ketones is 1. The number of rotatable bonds is 6. The molecule has 1 aliphatic rings. The number of urea groups is 1. The maximum Gasteiger partial charge on any atom is 0.437 e. The Hall–Kier alpha value is -3.54. The number of aromatic nitrogens is 1. The van der Waals surface area contributed by atoms with E-state index < -0.39 is 35.7 Å². The van der Waals surface area contributed by atoms with Crippen LogP contribution in [0.25, 0.3) is 0 Å². The van der Waals surface area contributed by atoms with Crippen LogP contribution in [0.1, 0.15) is 22.0 Å². The topological polar surface area (TPSA) is 119 Å². The van der Waals surface area contributed by atoms with Gasteiger partial charge in [-0.1, -0.05) is 0 Å². The lowest BCUT2D eigenvalue weighted by molar-refractivity contribution is -0.287. The summed E-state index contributed by atoms with van der Waals surface area (Å²) in [4.78, 5) is 29.1. The molecule has 0 spiro atoms. The number of Topliss-reactive ketones (excluding diaryl/α,β-unsaturated/α-hetero) is 1. The number of carbonyl (C=O) groups is 2. The lowest BCUT2D eigenvalue weighted by Crippen LogP contribution is -2.72. The van der Waals surface area contributed by atoms with Gasteiger partial charge in [-0.3, -0.25) is 9.78 Å². The minimum atomic E-state index is -5.38. The summed E-state index contributed by atoms with van der Waals surface area (Å²) >= 11 is 0. The van der Waals surface area contributed by atoms with Crippen LogP contribution in [-0.4, -0.2) is 55.1 Å². The van der Waals surface area contributed by atoms with Gasteiger partial charge in [0.2, 0.25) is 11.5 Å². The van der Waals surface area contributed by atoms with Gasteiger partial charge >= 0.3 is 12.2 Å². The Kier molecular flexibility index (Phi) is 6.17. The Morgan fingerprint density at radius 1 is 1.16 bits per heavy atom. The van der Waals surface area contributed by atoms with Gasteiger partial charge in [-0.05, 0) is 29.8 Å². The van der Waals surface area contributed by atoms with Gasteiger partial charge in [0, 0.05) is 18.0 Å². The van der Waals surface area contributed by atoms with E-state index >= 15 is 0 Å². The van der Waals surface area contributed by atoms with Crippen molar-refractivity contribution in [1.29, 1.82) is 0 Å². The lowest BCUT2D eigenvalue weighted by Gasteiger charge is -2.45. The molecule has 0 aliphatic carbocycles. The molecule has 3 rings (SSSR count). The number of ether oxygens (including phenoxy) is 3. The molecule has 12 heteroatoms. The highest BCUT2D eigenvalue weighted by Gasteiger charge is 2.66. The van der Waals surface area contributed by atoms with E-state index in [9.17, 15) is 27.9 Å². The number of hydrogen-bond donors (Lipinski definition) is 3. The number of nitrogens with one attached hydrogen (secondary N) is 2. The van der Waals surface area contributed by atoms with E-state index in [0.29, 0.717) is 0 Å². The summed E-state index contributed by atoms with van der Waals surface area (Å²) in [7, 11) is 3.93. The number of amides is 2. The number of nitrogens with zero attached hydrogens (tertiary/aromatic N) is 1. The van der Waals surface area contributed by atoms with Crippen molar-refractivity contribution in [2.75, 3.05) is 21.3 Å². The molecule has 0 saturated carbocycles. The molecule has 0 bridgehead atoms. The van der Waals surface area contributed by atoms with E-state index in [2.05, 4.69) is 10.3 Å². The smallest absolute Gasteiger partial charge is 0.437 e. The van der Waals surface area contributed by atoms with Crippen molar-refractivity contribution in [2.45, 2.75) is 17.9 Å². The van der Waals surface area contributed by atoms with Gasteiger partial charge in [-0.2, -0.15) is 13.2 Å². The number of aliphatic hydroxyl groups is 1. The van der Waals surface area contributed by atoms with Crippen LogP contribution < -0.4 is 24.8 Å². The Bertz CT molecular complexity index is 992. The summed E-state index contributed by atoms with van der Waals surface area (Å²) in [6, 6.07) is 2.27. The highest BCUT2D eigenvalue weighted by molar-refractivity contribution is 6.00. The molecule has 1 fully saturated rings. The van der Waals surface area contributed by atoms with Crippen molar-refractivity contribution in [3.8, 4) is 17.2 Å². The Morgan fingerprint density at radius 3 is 2.25 bits per heavy atom. The first kappa shape index (κ1) is 23.1. The molecule has 32 heavy (non-hydrogen) atoms.